The van der Waals surface area contributed by atoms with Crippen molar-refractivity contribution in [3.63, 3.8) is 0 Å². The summed E-state index contributed by atoms with van der Waals surface area (Å²) in [5.74, 6) is -0.433. The predicted octanol–water partition coefficient (Wildman–Crippen LogP) is 0.276. The number of nitrogens with one attached hydrogen (secondary N) is 1. The van der Waals surface area contributed by atoms with Crippen molar-refractivity contribution in [1.29, 1.82) is 0 Å². The first-order valence-electron chi connectivity index (χ1n) is 3.80. The highest BCUT2D eigenvalue weighted by molar-refractivity contribution is 5.87. The van der Waals surface area contributed by atoms with Gasteiger partial charge in [-0.25, -0.2) is 0 Å². The Bertz CT molecular complexity index is 175. The van der Waals surface area contributed by atoms with E-state index in [0.717, 1.165) is 0 Å². The minimum Gasteiger partial charge on any atom is -0.481 e. The van der Waals surface area contributed by atoms with Crippen molar-refractivity contribution in [3.05, 3.63) is 0 Å². The zero-order valence-electron chi connectivity index (χ0n) is 7.68. The Morgan fingerprint density at radius 3 is 1.67 bits per heavy atom. The fourth-order valence-corrected chi connectivity index (χ4v) is 0.227. The van der Waals surface area contributed by atoms with Crippen LogP contribution in [-0.2, 0) is 9.59 Å². The molecule has 0 aliphatic carbocycles. The van der Waals surface area contributed by atoms with Gasteiger partial charge in [-0.15, -0.1) is 0 Å². The highest BCUT2D eigenvalue weighted by atomic mass is 16.4. The molecule has 2 N–H and O–H groups in total. The van der Waals surface area contributed by atoms with Crippen molar-refractivity contribution in [2.75, 3.05) is 13.1 Å². The molecule has 4 heteroatoms. The van der Waals surface area contributed by atoms with E-state index in [1.54, 1.807) is 20.8 Å². The molecule has 0 radical (unpaired) electrons. The van der Waals surface area contributed by atoms with Gasteiger partial charge in [0.2, 0.25) is 0 Å². The topological polar surface area (TPSA) is 66.4 Å². The summed E-state index contributed by atoms with van der Waals surface area (Å²) in [5.41, 5.74) is -0.583. The highest BCUT2D eigenvalue weighted by Gasteiger charge is 2.18. The first kappa shape index (κ1) is 11.1. The summed E-state index contributed by atoms with van der Waals surface area (Å²) in [6.45, 7) is 6.18. The molecule has 1 aliphatic heterocycles. The molecule has 1 aliphatic rings. The van der Waals surface area contributed by atoms with Crippen LogP contribution in [0.4, 0.5) is 0 Å². The summed E-state index contributed by atoms with van der Waals surface area (Å²) in [6, 6.07) is 0. The van der Waals surface area contributed by atoms with Crippen LogP contribution in [0.2, 0.25) is 0 Å². The molecular formula is C8H15NO3. The second-order valence-corrected chi connectivity index (χ2v) is 3.70. The van der Waals surface area contributed by atoms with E-state index in [4.69, 9.17) is 5.11 Å². The number of carbonyl (C=O) groups is 2. The summed E-state index contributed by atoms with van der Waals surface area (Å²) < 4.78 is 0. The van der Waals surface area contributed by atoms with Gasteiger partial charge in [-0.05, 0) is 20.8 Å². The summed E-state index contributed by atoms with van der Waals surface area (Å²) in [7, 11) is 0. The third kappa shape index (κ3) is 4.85. The van der Waals surface area contributed by atoms with Crippen molar-refractivity contribution in [2.24, 2.45) is 5.41 Å². The number of carbonyl (C=O) groups excluding carboxylic acids is 1. The fraction of sp³-hybridized carbons (Fsp3) is 0.750. The number of carboxylic acid groups (broad SMARTS) is 1. The van der Waals surface area contributed by atoms with Gasteiger partial charge >= 0.3 is 5.97 Å². The summed E-state index contributed by atoms with van der Waals surface area (Å²) in [5, 5.41) is 11.1. The maximum absolute atomic E-state index is 10.0. The van der Waals surface area contributed by atoms with Gasteiger partial charge in [0.1, 0.15) is 0 Å². The summed E-state index contributed by atoms with van der Waals surface area (Å²) in [4.78, 5) is 19.9. The lowest BCUT2D eigenvalue weighted by Crippen LogP contribution is -2.42. The Morgan fingerprint density at radius 2 is 1.67 bits per heavy atom. The number of rotatable bonds is 0. The average Bonchev–Trinajstić information content (AvgIpc) is 1.83. The Morgan fingerprint density at radius 1 is 1.42 bits per heavy atom. The van der Waals surface area contributed by atoms with Crippen molar-refractivity contribution >= 4 is 11.8 Å². The summed E-state index contributed by atoms with van der Waals surface area (Å²) >= 11 is 0. The van der Waals surface area contributed by atoms with Gasteiger partial charge in [-0.2, -0.15) is 0 Å². The van der Waals surface area contributed by atoms with Crippen LogP contribution in [-0.4, -0.2) is 29.9 Å². The molecule has 4 nitrogen and oxygen atoms in total. The number of hydrogen-bond acceptors (Lipinski definition) is 3. The molecule has 0 amide bonds. The molecule has 0 bridgehead atoms. The minimum absolute atomic E-state index is 0.324. The van der Waals surface area contributed by atoms with Crippen molar-refractivity contribution in [1.82, 2.24) is 5.32 Å². The van der Waals surface area contributed by atoms with Crippen LogP contribution in [0, 0.1) is 5.41 Å². The minimum atomic E-state index is -0.757. The molecule has 0 spiro atoms. The van der Waals surface area contributed by atoms with E-state index < -0.39 is 11.4 Å². The Hall–Kier alpha value is -0.900. The van der Waals surface area contributed by atoms with E-state index >= 15 is 0 Å². The molecule has 0 aromatic rings. The van der Waals surface area contributed by atoms with Gasteiger partial charge in [-0.3, -0.25) is 9.59 Å². The van der Waals surface area contributed by atoms with Crippen LogP contribution >= 0.6 is 0 Å². The second kappa shape index (κ2) is 4.21. The standard InChI is InChI=1S/C5H10O2.C3H5NO/c1-5(2,3)4(6)7;5-3-1-4-2-3/h1-3H3,(H,6,7);4H,1-2H2. The fourth-order valence-electron chi connectivity index (χ4n) is 0.227. The maximum Gasteiger partial charge on any atom is 0.308 e. The second-order valence-electron chi connectivity index (χ2n) is 3.70. The monoisotopic (exact) mass is 173 g/mol. The van der Waals surface area contributed by atoms with Crippen LogP contribution in [0.25, 0.3) is 0 Å². The third-order valence-electron chi connectivity index (χ3n) is 1.29. The first-order chi connectivity index (χ1) is 5.34. The molecule has 1 saturated heterocycles. The molecular weight excluding hydrogens is 158 g/mol. The SMILES string of the molecule is CC(C)(C)C(=O)O.O=C1CNC1. The lowest BCUT2D eigenvalue weighted by atomic mass is 9.98. The molecule has 1 heterocycles. The lowest BCUT2D eigenvalue weighted by molar-refractivity contribution is -0.145. The number of aliphatic carboxylic acids is 1. The van der Waals surface area contributed by atoms with Crippen LogP contribution < -0.4 is 5.32 Å². The van der Waals surface area contributed by atoms with Gasteiger partial charge in [0.05, 0.1) is 18.5 Å². The molecule has 0 atom stereocenters. The molecule has 0 aromatic heterocycles. The van der Waals surface area contributed by atoms with Crippen molar-refractivity contribution < 1.29 is 14.7 Å². The molecule has 1 fully saturated rings. The zero-order chi connectivity index (χ0) is 9.78. The summed E-state index contributed by atoms with van der Waals surface area (Å²) in [6.07, 6.45) is 0. The van der Waals surface area contributed by atoms with Gasteiger partial charge in [0.15, 0.2) is 5.78 Å². The van der Waals surface area contributed by atoms with Crippen molar-refractivity contribution in [2.45, 2.75) is 20.8 Å². The number of Topliss-reactive ketones (excluding diaryl/α,β-unsaturated/α-hetero) is 1. The van der Waals surface area contributed by atoms with Crippen LogP contribution in [0.15, 0.2) is 0 Å². The smallest absolute Gasteiger partial charge is 0.308 e. The van der Waals surface area contributed by atoms with Gasteiger partial charge in [0, 0.05) is 0 Å². The van der Waals surface area contributed by atoms with E-state index in [1.165, 1.54) is 0 Å². The Balaban J connectivity index is 0.000000211. The van der Waals surface area contributed by atoms with E-state index in [9.17, 15) is 9.59 Å². The quantitative estimate of drug-likeness (QED) is 0.552. The maximum atomic E-state index is 10.0. The zero-order valence-corrected chi connectivity index (χ0v) is 7.68. The average molecular weight is 173 g/mol. The highest BCUT2D eigenvalue weighted by Crippen LogP contribution is 2.11. The lowest BCUT2D eigenvalue weighted by Gasteiger charge is -2.08. The van der Waals surface area contributed by atoms with E-state index in [1.807, 2.05) is 0 Å². The molecule has 70 valence electrons. The first-order valence-corrected chi connectivity index (χ1v) is 3.80. The Kier molecular flexibility index (Phi) is 3.89. The van der Waals surface area contributed by atoms with Crippen LogP contribution in [0.1, 0.15) is 20.8 Å². The van der Waals surface area contributed by atoms with E-state index in [-0.39, 0.29) is 0 Å². The van der Waals surface area contributed by atoms with Gasteiger partial charge in [-0.1, -0.05) is 0 Å². The molecule has 1 rings (SSSR count). The van der Waals surface area contributed by atoms with E-state index in [2.05, 4.69) is 5.32 Å². The number of carboxylic acids is 1. The molecule has 0 unspecified atom stereocenters. The molecule has 0 aromatic carbocycles. The predicted molar refractivity (Wildman–Crippen MR) is 45.0 cm³/mol. The Labute approximate surface area is 72.0 Å². The molecule has 0 saturated carbocycles. The van der Waals surface area contributed by atoms with E-state index in [0.29, 0.717) is 18.9 Å². The normalized spacial score (nSPS) is 15.8. The van der Waals surface area contributed by atoms with Crippen LogP contribution in [0.3, 0.4) is 0 Å². The third-order valence-corrected chi connectivity index (χ3v) is 1.29. The van der Waals surface area contributed by atoms with Crippen LogP contribution in [0.5, 0.6) is 0 Å². The number of ketones is 1. The van der Waals surface area contributed by atoms with Gasteiger partial charge < -0.3 is 10.4 Å². The number of hydrogen-bond donors (Lipinski definition) is 2. The largest absolute Gasteiger partial charge is 0.481 e. The molecule has 12 heavy (non-hydrogen) atoms. The van der Waals surface area contributed by atoms with Gasteiger partial charge in [0.25, 0.3) is 0 Å². The van der Waals surface area contributed by atoms with Crippen molar-refractivity contribution in [3.8, 4) is 0 Å².